The Morgan fingerprint density at radius 2 is 2.19 bits per heavy atom. The summed E-state index contributed by atoms with van der Waals surface area (Å²) in [5.41, 5.74) is 6.49. The highest BCUT2D eigenvalue weighted by atomic mass is 32.1. The first-order valence-corrected chi connectivity index (χ1v) is 9.77. The molecule has 2 heterocycles. The molecule has 0 aliphatic carbocycles. The standard InChI is InChI=1S/C18H22N4O4S/c19-7-2-10-26-15-5-8-21(9-6-15)18(23)16-12-27-17(20-16)13-3-1-4-14(11-13)22(24)25/h1,3-4,11-12,15H,2,5-10,19H2. The van der Waals surface area contributed by atoms with E-state index in [2.05, 4.69) is 4.98 Å². The molecule has 1 aromatic heterocycles. The number of aromatic nitrogens is 1. The number of piperidine rings is 1. The number of likely N-dealkylation sites (tertiary alicyclic amines) is 1. The maximum Gasteiger partial charge on any atom is 0.273 e. The number of rotatable bonds is 7. The molecule has 27 heavy (non-hydrogen) atoms. The Hall–Kier alpha value is -2.36. The van der Waals surface area contributed by atoms with Crippen LogP contribution < -0.4 is 5.73 Å². The first kappa shape index (κ1) is 19.4. The molecule has 1 amide bonds. The minimum atomic E-state index is -0.442. The number of nitrogens with zero attached hydrogens (tertiary/aromatic N) is 3. The summed E-state index contributed by atoms with van der Waals surface area (Å²) in [6.07, 6.45) is 2.63. The third-order valence-corrected chi connectivity index (χ3v) is 5.35. The van der Waals surface area contributed by atoms with Crippen LogP contribution in [0.1, 0.15) is 29.8 Å². The van der Waals surface area contributed by atoms with E-state index in [0.717, 1.165) is 19.3 Å². The van der Waals surface area contributed by atoms with Gasteiger partial charge in [0.05, 0.1) is 11.0 Å². The second-order valence-corrected chi connectivity index (χ2v) is 7.21. The van der Waals surface area contributed by atoms with Crippen LogP contribution in [0.2, 0.25) is 0 Å². The van der Waals surface area contributed by atoms with E-state index < -0.39 is 4.92 Å². The van der Waals surface area contributed by atoms with Crippen molar-refractivity contribution in [3.05, 3.63) is 45.5 Å². The fourth-order valence-electron chi connectivity index (χ4n) is 2.98. The van der Waals surface area contributed by atoms with Gasteiger partial charge in [-0.1, -0.05) is 12.1 Å². The zero-order valence-corrected chi connectivity index (χ0v) is 15.7. The number of carbonyl (C=O) groups is 1. The average molecular weight is 390 g/mol. The highest BCUT2D eigenvalue weighted by Gasteiger charge is 2.25. The Bertz CT molecular complexity index is 802. The van der Waals surface area contributed by atoms with E-state index in [4.69, 9.17) is 10.5 Å². The predicted molar refractivity (Wildman–Crippen MR) is 103 cm³/mol. The van der Waals surface area contributed by atoms with Crippen molar-refractivity contribution in [3.63, 3.8) is 0 Å². The first-order chi connectivity index (χ1) is 13.1. The predicted octanol–water partition coefficient (Wildman–Crippen LogP) is 2.69. The Morgan fingerprint density at radius 3 is 2.89 bits per heavy atom. The highest BCUT2D eigenvalue weighted by Crippen LogP contribution is 2.27. The molecule has 1 aliphatic rings. The lowest BCUT2D eigenvalue weighted by Gasteiger charge is -2.31. The molecule has 144 valence electrons. The van der Waals surface area contributed by atoms with Crippen LogP contribution in [0.15, 0.2) is 29.6 Å². The lowest BCUT2D eigenvalue weighted by molar-refractivity contribution is -0.384. The van der Waals surface area contributed by atoms with Gasteiger partial charge in [0.2, 0.25) is 0 Å². The van der Waals surface area contributed by atoms with Crippen molar-refractivity contribution in [1.82, 2.24) is 9.88 Å². The van der Waals surface area contributed by atoms with Gasteiger partial charge >= 0.3 is 0 Å². The number of nitro groups is 1. The van der Waals surface area contributed by atoms with Gasteiger partial charge in [-0.25, -0.2) is 4.98 Å². The van der Waals surface area contributed by atoms with Crippen LogP contribution in [0.4, 0.5) is 5.69 Å². The summed E-state index contributed by atoms with van der Waals surface area (Å²) < 4.78 is 5.76. The van der Waals surface area contributed by atoms with E-state index >= 15 is 0 Å². The highest BCUT2D eigenvalue weighted by molar-refractivity contribution is 7.13. The average Bonchev–Trinajstić information content (AvgIpc) is 3.18. The van der Waals surface area contributed by atoms with Gasteiger partial charge < -0.3 is 15.4 Å². The molecular formula is C18H22N4O4S. The van der Waals surface area contributed by atoms with Crippen molar-refractivity contribution in [1.29, 1.82) is 0 Å². The molecule has 8 nitrogen and oxygen atoms in total. The molecular weight excluding hydrogens is 368 g/mol. The summed E-state index contributed by atoms with van der Waals surface area (Å²) >= 11 is 1.31. The molecule has 0 unspecified atom stereocenters. The van der Waals surface area contributed by atoms with E-state index in [1.165, 1.54) is 23.5 Å². The number of non-ortho nitro benzene ring substituents is 1. The smallest absolute Gasteiger partial charge is 0.273 e. The number of carbonyl (C=O) groups excluding carboxylic acids is 1. The Balaban J connectivity index is 1.61. The van der Waals surface area contributed by atoms with Crippen molar-refractivity contribution in [2.45, 2.75) is 25.4 Å². The van der Waals surface area contributed by atoms with Crippen molar-refractivity contribution < 1.29 is 14.5 Å². The Labute approximate surface area is 161 Å². The van der Waals surface area contributed by atoms with Crippen LogP contribution in [-0.4, -0.2) is 53.1 Å². The molecule has 0 saturated carbocycles. The molecule has 0 atom stereocenters. The number of hydrogen-bond donors (Lipinski definition) is 1. The molecule has 2 N–H and O–H groups in total. The molecule has 9 heteroatoms. The van der Waals surface area contributed by atoms with Crippen LogP contribution in [0.3, 0.4) is 0 Å². The maximum absolute atomic E-state index is 12.7. The van der Waals surface area contributed by atoms with Gasteiger partial charge in [-0.2, -0.15) is 0 Å². The minimum absolute atomic E-state index is 0.00674. The SMILES string of the molecule is NCCCOC1CCN(C(=O)c2csc(-c3cccc([N+](=O)[O-])c3)n2)CC1. The van der Waals surface area contributed by atoms with Crippen LogP contribution in [0.5, 0.6) is 0 Å². The third kappa shape index (κ3) is 4.88. The summed E-state index contributed by atoms with van der Waals surface area (Å²) in [5, 5.41) is 13.2. The van der Waals surface area contributed by atoms with Crippen molar-refractivity contribution in [2.75, 3.05) is 26.2 Å². The molecule has 1 aliphatic heterocycles. The lowest BCUT2D eigenvalue weighted by atomic mass is 10.1. The number of amides is 1. The monoisotopic (exact) mass is 390 g/mol. The zero-order valence-electron chi connectivity index (χ0n) is 14.9. The van der Waals surface area contributed by atoms with Crippen LogP contribution in [-0.2, 0) is 4.74 Å². The third-order valence-electron chi connectivity index (χ3n) is 4.46. The van der Waals surface area contributed by atoms with Gasteiger partial charge in [0.25, 0.3) is 11.6 Å². The zero-order chi connectivity index (χ0) is 19.2. The topological polar surface area (TPSA) is 112 Å². The summed E-state index contributed by atoms with van der Waals surface area (Å²) in [6, 6.07) is 6.27. The van der Waals surface area contributed by atoms with E-state index in [0.29, 0.717) is 42.5 Å². The van der Waals surface area contributed by atoms with Crippen LogP contribution >= 0.6 is 11.3 Å². The molecule has 1 fully saturated rings. The number of nitrogens with two attached hydrogens (primary N) is 1. The minimum Gasteiger partial charge on any atom is -0.378 e. The molecule has 0 bridgehead atoms. The summed E-state index contributed by atoms with van der Waals surface area (Å²) in [4.78, 5) is 29.4. The summed E-state index contributed by atoms with van der Waals surface area (Å²) in [7, 11) is 0. The number of hydrogen-bond acceptors (Lipinski definition) is 7. The second-order valence-electron chi connectivity index (χ2n) is 6.35. The summed E-state index contributed by atoms with van der Waals surface area (Å²) in [5.74, 6) is -0.108. The van der Waals surface area contributed by atoms with Gasteiger partial charge in [-0.3, -0.25) is 14.9 Å². The molecule has 1 saturated heterocycles. The largest absolute Gasteiger partial charge is 0.378 e. The molecule has 3 rings (SSSR count). The Morgan fingerprint density at radius 1 is 1.41 bits per heavy atom. The van der Waals surface area contributed by atoms with Crippen LogP contribution in [0, 0.1) is 10.1 Å². The quantitative estimate of drug-likeness (QED) is 0.442. The fourth-order valence-corrected chi connectivity index (χ4v) is 3.77. The van der Waals surface area contributed by atoms with E-state index in [9.17, 15) is 14.9 Å². The van der Waals surface area contributed by atoms with Gasteiger partial charge in [0, 0.05) is 42.8 Å². The van der Waals surface area contributed by atoms with Gasteiger partial charge in [-0.15, -0.1) is 11.3 Å². The second kappa shape index (κ2) is 9.03. The molecule has 2 aromatic rings. The molecule has 0 radical (unpaired) electrons. The first-order valence-electron chi connectivity index (χ1n) is 8.90. The van der Waals surface area contributed by atoms with Gasteiger partial charge in [0.1, 0.15) is 10.7 Å². The number of ether oxygens (including phenoxy) is 1. The number of thiazole rings is 1. The fraction of sp³-hybridized carbons (Fsp3) is 0.444. The van der Waals surface area contributed by atoms with Gasteiger partial charge in [0.15, 0.2) is 0 Å². The van der Waals surface area contributed by atoms with Crippen LogP contribution in [0.25, 0.3) is 10.6 Å². The van der Waals surface area contributed by atoms with Crippen molar-refractivity contribution in [2.24, 2.45) is 5.73 Å². The van der Waals surface area contributed by atoms with Crippen molar-refractivity contribution >= 4 is 22.9 Å². The lowest BCUT2D eigenvalue weighted by Crippen LogP contribution is -2.41. The Kier molecular flexibility index (Phi) is 6.49. The number of benzene rings is 1. The summed E-state index contributed by atoms with van der Waals surface area (Å²) in [6.45, 7) is 2.55. The van der Waals surface area contributed by atoms with Crippen molar-refractivity contribution in [3.8, 4) is 10.6 Å². The molecule has 0 spiro atoms. The maximum atomic E-state index is 12.7. The number of nitro benzene ring substituents is 1. The van der Waals surface area contributed by atoms with E-state index in [-0.39, 0.29) is 17.7 Å². The molecule has 1 aromatic carbocycles. The van der Waals surface area contributed by atoms with E-state index in [1.807, 2.05) is 0 Å². The normalized spacial score (nSPS) is 15.1. The van der Waals surface area contributed by atoms with Gasteiger partial charge in [-0.05, 0) is 25.8 Å². The van der Waals surface area contributed by atoms with E-state index in [1.54, 1.807) is 22.4 Å².